The van der Waals surface area contributed by atoms with Crippen molar-refractivity contribution in [1.29, 1.82) is 0 Å². The first-order valence-electron chi connectivity index (χ1n) is 5.27. The Balaban J connectivity index is 1.95. The van der Waals surface area contributed by atoms with Crippen LogP contribution >= 0.6 is 0 Å². The molecule has 2 rings (SSSR count). The predicted molar refractivity (Wildman–Crippen MR) is 60.0 cm³/mol. The number of aryl methyl sites for hydroxylation is 1. The van der Waals surface area contributed by atoms with E-state index in [0.29, 0.717) is 0 Å². The number of hydrogen-bond donors (Lipinski definition) is 1. The van der Waals surface area contributed by atoms with Crippen LogP contribution in [-0.2, 0) is 13.1 Å². The van der Waals surface area contributed by atoms with Gasteiger partial charge in [-0.1, -0.05) is 6.92 Å². The second-order valence-electron chi connectivity index (χ2n) is 3.46. The second-order valence-corrected chi connectivity index (χ2v) is 3.46. The highest BCUT2D eigenvalue weighted by Gasteiger charge is 2.00. The monoisotopic (exact) mass is 204 g/mol. The fourth-order valence-electron chi connectivity index (χ4n) is 1.55. The van der Waals surface area contributed by atoms with E-state index in [4.69, 9.17) is 0 Å². The third-order valence-electron chi connectivity index (χ3n) is 2.29. The van der Waals surface area contributed by atoms with Gasteiger partial charge in [0.2, 0.25) is 0 Å². The van der Waals surface area contributed by atoms with Crippen LogP contribution < -0.4 is 5.43 Å². The normalized spacial score (nSPS) is 10.5. The molecule has 0 saturated carbocycles. The fourth-order valence-corrected chi connectivity index (χ4v) is 1.55. The topological polar surface area (TPSA) is 34.8 Å². The Morgan fingerprint density at radius 2 is 2.07 bits per heavy atom. The maximum Gasteiger partial charge on any atom is 0.129 e. The van der Waals surface area contributed by atoms with Crippen LogP contribution in [0.4, 0.5) is 0 Å². The van der Waals surface area contributed by atoms with Crippen LogP contribution in [0.2, 0.25) is 0 Å². The zero-order valence-electron chi connectivity index (χ0n) is 8.93. The molecule has 0 unspecified atom stereocenters. The standard InChI is InChI=1S/C11H16N4/c1-2-6-14-9-5-12-11(14)10-13-15-7-3-4-8-15/h3-5,7-9,13H,2,6,10H2,1H3. The summed E-state index contributed by atoms with van der Waals surface area (Å²) in [6, 6.07) is 3.98. The van der Waals surface area contributed by atoms with Crippen LogP contribution in [-0.4, -0.2) is 14.2 Å². The van der Waals surface area contributed by atoms with Gasteiger partial charge in [-0.25, -0.2) is 4.98 Å². The zero-order chi connectivity index (χ0) is 10.5. The molecule has 4 heteroatoms. The Kier molecular flexibility index (Phi) is 3.07. The van der Waals surface area contributed by atoms with E-state index in [0.717, 1.165) is 25.3 Å². The van der Waals surface area contributed by atoms with Gasteiger partial charge in [-0.3, -0.25) is 4.68 Å². The molecular formula is C11H16N4. The minimum Gasteiger partial charge on any atom is -0.333 e. The van der Waals surface area contributed by atoms with Crippen molar-refractivity contribution >= 4 is 0 Å². The van der Waals surface area contributed by atoms with E-state index < -0.39 is 0 Å². The van der Waals surface area contributed by atoms with Crippen LogP contribution in [0, 0.1) is 0 Å². The summed E-state index contributed by atoms with van der Waals surface area (Å²) in [5.74, 6) is 1.07. The minimum absolute atomic E-state index is 0.752. The SMILES string of the molecule is CCCn1ccnc1CNn1cccc1. The molecule has 0 amide bonds. The molecule has 0 aliphatic carbocycles. The smallest absolute Gasteiger partial charge is 0.129 e. The molecule has 0 atom stereocenters. The van der Waals surface area contributed by atoms with E-state index in [1.807, 2.05) is 41.6 Å². The number of nitrogens with zero attached hydrogens (tertiary/aromatic N) is 3. The second kappa shape index (κ2) is 4.68. The molecule has 0 spiro atoms. The molecule has 0 aliphatic rings. The summed E-state index contributed by atoms with van der Waals surface area (Å²) in [5.41, 5.74) is 3.26. The Hall–Kier alpha value is -1.71. The van der Waals surface area contributed by atoms with Gasteiger partial charge in [0.1, 0.15) is 5.82 Å². The van der Waals surface area contributed by atoms with Gasteiger partial charge in [0, 0.05) is 31.3 Å². The Morgan fingerprint density at radius 1 is 1.27 bits per heavy atom. The Bertz CT molecular complexity index is 388. The molecule has 4 nitrogen and oxygen atoms in total. The van der Waals surface area contributed by atoms with E-state index >= 15 is 0 Å². The van der Waals surface area contributed by atoms with Crippen molar-refractivity contribution in [2.75, 3.05) is 5.43 Å². The van der Waals surface area contributed by atoms with Crippen molar-refractivity contribution in [3.05, 3.63) is 42.7 Å². The highest BCUT2D eigenvalue weighted by molar-refractivity contribution is 4.98. The summed E-state index contributed by atoms with van der Waals surface area (Å²) < 4.78 is 4.11. The molecule has 2 aromatic rings. The van der Waals surface area contributed by atoms with E-state index in [-0.39, 0.29) is 0 Å². The van der Waals surface area contributed by atoms with Crippen molar-refractivity contribution in [3.8, 4) is 0 Å². The molecule has 2 heterocycles. The lowest BCUT2D eigenvalue weighted by atomic mass is 10.4. The summed E-state index contributed by atoms with van der Waals surface area (Å²) in [6.45, 7) is 3.95. The minimum atomic E-state index is 0.752. The molecular weight excluding hydrogens is 188 g/mol. The zero-order valence-corrected chi connectivity index (χ0v) is 8.93. The maximum atomic E-state index is 4.32. The van der Waals surface area contributed by atoms with E-state index in [1.165, 1.54) is 0 Å². The summed E-state index contributed by atoms with van der Waals surface area (Å²) >= 11 is 0. The lowest BCUT2D eigenvalue weighted by Gasteiger charge is -2.09. The fraction of sp³-hybridized carbons (Fsp3) is 0.364. The molecule has 1 N–H and O–H groups in total. The first-order valence-corrected chi connectivity index (χ1v) is 5.27. The van der Waals surface area contributed by atoms with Crippen LogP contribution in [0.1, 0.15) is 19.2 Å². The Labute approximate surface area is 89.5 Å². The van der Waals surface area contributed by atoms with Crippen LogP contribution in [0.3, 0.4) is 0 Å². The van der Waals surface area contributed by atoms with Gasteiger partial charge in [0.25, 0.3) is 0 Å². The average Bonchev–Trinajstić information content (AvgIpc) is 2.85. The lowest BCUT2D eigenvalue weighted by molar-refractivity contribution is 0.633. The first-order chi connectivity index (χ1) is 7.40. The van der Waals surface area contributed by atoms with Gasteiger partial charge in [-0.15, -0.1) is 0 Å². The molecule has 15 heavy (non-hydrogen) atoms. The Morgan fingerprint density at radius 3 is 2.80 bits per heavy atom. The van der Waals surface area contributed by atoms with E-state index in [9.17, 15) is 0 Å². The first kappa shape index (κ1) is 9.83. The quantitative estimate of drug-likeness (QED) is 0.806. The summed E-state index contributed by atoms with van der Waals surface area (Å²) in [7, 11) is 0. The molecule has 80 valence electrons. The number of hydrogen-bond acceptors (Lipinski definition) is 2. The van der Waals surface area contributed by atoms with Gasteiger partial charge in [-0.05, 0) is 18.6 Å². The van der Waals surface area contributed by atoms with E-state index in [1.54, 1.807) is 0 Å². The third-order valence-corrected chi connectivity index (χ3v) is 2.29. The molecule has 0 radical (unpaired) electrons. The summed E-state index contributed by atoms with van der Waals surface area (Å²) in [5, 5.41) is 0. The van der Waals surface area contributed by atoms with Gasteiger partial charge >= 0.3 is 0 Å². The molecule has 0 aliphatic heterocycles. The molecule has 0 fully saturated rings. The van der Waals surface area contributed by atoms with Gasteiger partial charge < -0.3 is 9.99 Å². The number of nitrogens with one attached hydrogen (secondary N) is 1. The van der Waals surface area contributed by atoms with Crippen molar-refractivity contribution in [1.82, 2.24) is 14.2 Å². The number of rotatable bonds is 5. The van der Waals surface area contributed by atoms with Crippen LogP contribution in [0.15, 0.2) is 36.9 Å². The van der Waals surface area contributed by atoms with Crippen molar-refractivity contribution < 1.29 is 0 Å². The number of imidazole rings is 1. The van der Waals surface area contributed by atoms with Gasteiger partial charge in [0.05, 0.1) is 6.54 Å². The average molecular weight is 204 g/mol. The molecule has 0 bridgehead atoms. The van der Waals surface area contributed by atoms with Crippen LogP contribution in [0.25, 0.3) is 0 Å². The summed E-state index contributed by atoms with van der Waals surface area (Å²) in [6.07, 6.45) is 8.96. The van der Waals surface area contributed by atoms with Crippen LogP contribution in [0.5, 0.6) is 0 Å². The molecule has 0 saturated heterocycles. The maximum absolute atomic E-state index is 4.32. The highest BCUT2D eigenvalue weighted by atomic mass is 15.4. The van der Waals surface area contributed by atoms with Gasteiger partial charge in [-0.2, -0.15) is 0 Å². The predicted octanol–water partition coefficient (Wildman–Crippen LogP) is 1.84. The van der Waals surface area contributed by atoms with Gasteiger partial charge in [0.15, 0.2) is 0 Å². The largest absolute Gasteiger partial charge is 0.333 e. The van der Waals surface area contributed by atoms with Crippen molar-refractivity contribution in [2.24, 2.45) is 0 Å². The molecule has 0 aromatic carbocycles. The third kappa shape index (κ3) is 2.40. The van der Waals surface area contributed by atoms with E-state index in [2.05, 4.69) is 21.9 Å². The highest BCUT2D eigenvalue weighted by Crippen LogP contribution is 1.99. The molecule has 2 aromatic heterocycles. The van der Waals surface area contributed by atoms with Crippen molar-refractivity contribution in [2.45, 2.75) is 26.4 Å². The lowest BCUT2D eigenvalue weighted by Crippen LogP contribution is -2.15. The number of aromatic nitrogens is 3. The van der Waals surface area contributed by atoms with Crippen molar-refractivity contribution in [3.63, 3.8) is 0 Å². The summed E-state index contributed by atoms with van der Waals surface area (Å²) in [4.78, 5) is 4.32.